The molecule has 0 heterocycles. The molecular weight excluding hydrogens is 336 g/mol. The second kappa shape index (κ2) is 7.13. The number of aliphatic hydroxyl groups excluding tert-OH is 2. The summed E-state index contributed by atoms with van der Waals surface area (Å²) in [7, 11) is 0. The highest BCUT2D eigenvalue weighted by atomic mass is 16.3. The third-order valence-electron chi connectivity index (χ3n) is 10.2. The number of carbonyl (C=O) groups excluding carboxylic acids is 1. The van der Waals surface area contributed by atoms with Gasteiger partial charge in [0.2, 0.25) is 0 Å². The topological polar surface area (TPSA) is 57.5 Å². The lowest BCUT2D eigenvalue weighted by Gasteiger charge is -2.62. The summed E-state index contributed by atoms with van der Waals surface area (Å²) in [6.45, 7) is 7.34. The third kappa shape index (κ3) is 3.03. The van der Waals surface area contributed by atoms with Crippen LogP contribution in [-0.4, -0.2) is 28.7 Å². The maximum absolute atomic E-state index is 11.2. The average molecular weight is 377 g/mol. The fourth-order valence-electron chi connectivity index (χ4n) is 8.71. The summed E-state index contributed by atoms with van der Waals surface area (Å²) in [5, 5.41) is 21.4. The van der Waals surface area contributed by atoms with Crippen molar-refractivity contribution < 1.29 is 15.0 Å². The van der Waals surface area contributed by atoms with Gasteiger partial charge in [-0.1, -0.05) is 20.8 Å². The van der Waals surface area contributed by atoms with Gasteiger partial charge in [-0.3, -0.25) is 0 Å². The van der Waals surface area contributed by atoms with E-state index in [0.29, 0.717) is 52.8 Å². The fourth-order valence-corrected chi connectivity index (χ4v) is 8.71. The van der Waals surface area contributed by atoms with Crippen molar-refractivity contribution in [3.63, 3.8) is 0 Å². The monoisotopic (exact) mass is 376 g/mol. The normalized spacial score (nSPS) is 53.1. The van der Waals surface area contributed by atoms with Gasteiger partial charge in [0.1, 0.15) is 6.29 Å². The lowest BCUT2D eigenvalue weighted by Crippen LogP contribution is -2.58. The van der Waals surface area contributed by atoms with Crippen LogP contribution in [0.2, 0.25) is 0 Å². The molecule has 4 saturated carbocycles. The Morgan fingerprint density at radius 3 is 2.44 bits per heavy atom. The molecule has 2 N–H and O–H groups in total. The Bertz CT molecular complexity index is 562. The predicted molar refractivity (Wildman–Crippen MR) is 107 cm³/mol. The van der Waals surface area contributed by atoms with Crippen molar-refractivity contribution in [3.05, 3.63) is 0 Å². The van der Waals surface area contributed by atoms with E-state index in [2.05, 4.69) is 20.8 Å². The van der Waals surface area contributed by atoms with Crippen LogP contribution in [0.3, 0.4) is 0 Å². The minimum absolute atomic E-state index is 0.157. The largest absolute Gasteiger partial charge is 0.393 e. The molecule has 4 aliphatic carbocycles. The molecular formula is C24H40O3. The predicted octanol–water partition coefficient (Wildman–Crippen LogP) is 4.59. The first-order valence-electron chi connectivity index (χ1n) is 11.6. The third-order valence-corrected chi connectivity index (χ3v) is 10.2. The first-order valence-corrected chi connectivity index (χ1v) is 11.6. The summed E-state index contributed by atoms with van der Waals surface area (Å²) < 4.78 is 0. The lowest BCUT2D eigenvalue weighted by molar-refractivity contribution is -0.174. The van der Waals surface area contributed by atoms with Crippen molar-refractivity contribution in [2.75, 3.05) is 0 Å². The molecule has 4 fully saturated rings. The lowest BCUT2D eigenvalue weighted by atomic mass is 9.43. The summed E-state index contributed by atoms with van der Waals surface area (Å²) in [5.41, 5.74) is 0.646. The minimum Gasteiger partial charge on any atom is -0.393 e. The Morgan fingerprint density at radius 2 is 1.70 bits per heavy atom. The Morgan fingerprint density at radius 1 is 1.00 bits per heavy atom. The Labute approximate surface area is 165 Å². The van der Waals surface area contributed by atoms with E-state index in [1.165, 1.54) is 25.7 Å². The van der Waals surface area contributed by atoms with Crippen molar-refractivity contribution in [1.82, 2.24) is 0 Å². The molecule has 3 unspecified atom stereocenters. The highest BCUT2D eigenvalue weighted by Crippen LogP contribution is 2.68. The van der Waals surface area contributed by atoms with Crippen LogP contribution in [0.15, 0.2) is 0 Å². The van der Waals surface area contributed by atoms with Crippen LogP contribution in [0.25, 0.3) is 0 Å². The van der Waals surface area contributed by atoms with Gasteiger partial charge in [-0.25, -0.2) is 0 Å². The second-order valence-corrected chi connectivity index (χ2v) is 11.2. The summed E-state index contributed by atoms with van der Waals surface area (Å²) in [4.78, 5) is 10.9. The van der Waals surface area contributed by atoms with Gasteiger partial charge in [0, 0.05) is 6.42 Å². The van der Waals surface area contributed by atoms with Crippen molar-refractivity contribution in [3.8, 4) is 0 Å². The molecule has 0 aromatic carbocycles. The Balaban J connectivity index is 1.58. The van der Waals surface area contributed by atoms with Crippen molar-refractivity contribution >= 4 is 6.29 Å². The first kappa shape index (κ1) is 19.9. The zero-order valence-electron chi connectivity index (χ0n) is 17.6. The number of aldehydes is 1. The molecule has 0 radical (unpaired) electrons. The van der Waals surface area contributed by atoms with Crippen LogP contribution in [0, 0.1) is 46.3 Å². The van der Waals surface area contributed by atoms with Crippen molar-refractivity contribution in [1.29, 1.82) is 0 Å². The molecule has 27 heavy (non-hydrogen) atoms. The molecule has 3 heteroatoms. The van der Waals surface area contributed by atoms with Gasteiger partial charge >= 0.3 is 0 Å². The van der Waals surface area contributed by atoms with Gasteiger partial charge in [0.05, 0.1) is 12.2 Å². The second-order valence-electron chi connectivity index (χ2n) is 11.2. The molecule has 154 valence electrons. The Kier molecular flexibility index (Phi) is 5.25. The van der Waals surface area contributed by atoms with E-state index in [-0.39, 0.29) is 12.2 Å². The maximum Gasteiger partial charge on any atom is 0.120 e. The van der Waals surface area contributed by atoms with Crippen LogP contribution in [0.5, 0.6) is 0 Å². The molecule has 0 spiro atoms. The van der Waals surface area contributed by atoms with Crippen LogP contribution >= 0.6 is 0 Å². The zero-order valence-corrected chi connectivity index (χ0v) is 17.6. The van der Waals surface area contributed by atoms with Gasteiger partial charge in [-0.05, 0) is 104 Å². The molecule has 0 aromatic rings. The molecule has 10 atom stereocenters. The van der Waals surface area contributed by atoms with Gasteiger partial charge < -0.3 is 15.0 Å². The number of aliphatic hydroxyl groups is 2. The molecule has 0 aliphatic heterocycles. The standard InChI is InChI=1S/C24H40O3/c1-15(5-4-12-25)18-6-7-19-22-20(9-11-24(18,19)3)23(2)10-8-17(26)13-16(23)14-21(22)27/h12,15-22,26-27H,4-11,13-14H2,1-3H3/t15-,16+,17-,18-,19?,20?,21-,22?,23+,24-/m1/s1. The minimum atomic E-state index is -0.188. The van der Waals surface area contributed by atoms with Crippen LogP contribution in [-0.2, 0) is 4.79 Å². The van der Waals surface area contributed by atoms with Gasteiger partial charge in [0.15, 0.2) is 0 Å². The molecule has 0 amide bonds. The smallest absolute Gasteiger partial charge is 0.120 e. The molecule has 4 rings (SSSR count). The van der Waals surface area contributed by atoms with E-state index < -0.39 is 0 Å². The number of hydrogen-bond acceptors (Lipinski definition) is 3. The van der Waals surface area contributed by atoms with E-state index in [1.54, 1.807) is 0 Å². The molecule has 3 nitrogen and oxygen atoms in total. The highest BCUT2D eigenvalue weighted by molar-refractivity contribution is 5.49. The number of fused-ring (bicyclic) bond motifs is 5. The van der Waals surface area contributed by atoms with E-state index in [9.17, 15) is 15.0 Å². The number of carbonyl (C=O) groups is 1. The van der Waals surface area contributed by atoms with Gasteiger partial charge in [-0.2, -0.15) is 0 Å². The zero-order chi connectivity index (χ0) is 19.4. The number of rotatable bonds is 4. The molecule has 0 bridgehead atoms. The summed E-state index contributed by atoms with van der Waals surface area (Å²) >= 11 is 0. The van der Waals surface area contributed by atoms with Crippen molar-refractivity contribution in [2.24, 2.45) is 46.3 Å². The number of hydrogen-bond donors (Lipinski definition) is 2. The summed E-state index contributed by atoms with van der Waals surface area (Å²) in [6, 6.07) is 0. The Hall–Kier alpha value is -0.410. The van der Waals surface area contributed by atoms with Gasteiger partial charge in [-0.15, -0.1) is 0 Å². The molecule has 0 aromatic heterocycles. The van der Waals surface area contributed by atoms with Gasteiger partial charge in [0.25, 0.3) is 0 Å². The fraction of sp³-hybridized carbons (Fsp3) is 0.958. The maximum atomic E-state index is 11.2. The van der Waals surface area contributed by atoms with E-state index >= 15 is 0 Å². The van der Waals surface area contributed by atoms with Crippen LogP contribution < -0.4 is 0 Å². The average Bonchev–Trinajstić information content (AvgIpc) is 2.98. The van der Waals surface area contributed by atoms with E-state index in [1.807, 2.05) is 0 Å². The first-order chi connectivity index (χ1) is 12.8. The van der Waals surface area contributed by atoms with Crippen LogP contribution in [0.1, 0.15) is 85.0 Å². The van der Waals surface area contributed by atoms with Crippen LogP contribution in [0.4, 0.5) is 0 Å². The quantitative estimate of drug-likeness (QED) is 0.706. The van der Waals surface area contributed by atoms with Crippen molar-refractivity contribution in [2.45, 2.75) is 97.2 Å². The molecule has 0 saturated heterocycles. The summed E-state index contributed by atoms with van der Waals surface area (Å²) in [5.74, 6) is 3.51. The molecule has 4 aliphatic rings. The van der Waals surface area contributed by atoms with E-state index in [4.69, 9.17) is 0 Å². The summed E-state index contributed by atoms with van der Waals surface area (Å²) in [6.07, 6.45) is 11.4. The SMILES string of the molecule is C[C@H](CCC=O)[C@H]1CCC2C3C(CC[C@@]21C)[C@@]1(C)CC[C@@H](O)C[C@H]1C[C@H]3O. The van der Waals surface area contributed by atoms with E-state index in [0.717, 1.165) is 38.4 Å². The highest BCUT2D eigenvalue weighted by Gasteiger charge is 2.62.